The molecule has 81 valence electrons. The number of hydrogen-bond acceptors (Lipinski definition) is 0. The van der Waals surface area contributed by atoms with Gasteiger partial charge in [0.05, 0.1) is 0 Å². The molecule has 0 nitrogen and oxygen atoms in total. The first-order valence-electron chi connectivity index (χ1n) is 5.64. The van der Waals surface area contributed by atoms with Crippen LogP contribution in [0.1, 0.15) is 22.3 Å². The van der Waals surface area contributed by atoms with Crippen molar-refractivity contribution in [1.29, 1.82) is 0 Å². The fraction of sp³-hybridized carbons (Fsp3) is 0.250. The first-order chi connectivity index (χ1) is 7.58. The van der Waals surface area contributed by atoms with Gasteiger partial charge >= 0.3 is 0 Å². The summed E-state index contributed by atoms with van der Waals surface area (Å²) in [7, 11) is 0. The van der Waals surface area contributed by atoms with Gasteiger partial charge in [-0.05, 0) is 61.6 Å². The smallest absolute Gasteiger partial charge is 0.00756 e. The van der Waals surface area contributed by atoms with Gasteiger partial charge in [-0.25, -0.2) is 0 Å². The second-order valence-electron chi connectivity index (χ2n) is 4.53. The maximum atomic E-state index is 3.37. The molecule has 0 N–H and O–H groups in total. The lowest BCUT2D eigenvalue weighted by molar-refractivity contribution is 1.33. The molecule has 0 aromatic heterocycles. The highest BCUT2D eigenvalue weighted by atomic mass is 14.1. The van der Waals surface area contributed by atoms with Crippen LogP contribution < -0.4 is 0 Å². The Labute approximate surface area is 97.9 Å². The zero-order chi connectivity index (χ0) is 11.7. The van der Waals surface area contributed by atoms with Gasteiger partial charge in [-0.3, -0.25) is 0 Å². The Hall–Kier alpha value is -1.56. The second kappa shape index (κ2) is 4.13. The Morgan fingerprint density at radius 2 is 1.56 bits per heavy atom. The minimum Gasteiger partial charge on any atom is -0.0584 e. The summed E-state index contributed by atoms with van der Waals surface area (Å²) in [5.41, 5.74) is 7.72. The molecule has 0 aliphatic carbocycles. The summed E-state index contributed by atoms with van der Waals surface area (Å²) in [6.45, 7) is 8.55. The third-order valence-corrected chi connectivity index (χ3v) is 3.08. The van der Waals surface area contributed by atoms with E-state index in [1.165, 1.54) is 33.4 Å². The van der Waals surface area contributed by atoms with Crippen molar-refractivity contribution in [2.45, 2.75) is 27.7 Å². The maximum Gasteiger partial charge on any atom is -0.00756 e. The van der Waals surface area contributed by atoms with Crippen LogP contribution in [0.3, 0.4) is 0 Å². The predicted octanol–water partition coefficient (Wildman–Crippen LogP) is 4.39. The largest absolute Gasteiger partial charge is 0.0584 e. The van der Waals surface area contributed by atoms with Crippen LogP contribution in [-0.4, -0.2) is 0 Å². The van der Waals surface area contributed by atoms with Gasteiger partial charge in [0.15, 0.2) is 0 Å². The fourth-order valence-electron chi connectivity index (χ4n) is 1.96. The van der Waals surface area contributed by atoms with Gasteiger partial charge in [-0.15, -0.1) is 0 Å². The van der Waals surface area contributed by atoms with E-state index in [2.05, 4.69) is 64.1 Å². The van der Waals surface area contributed by atoms with Gasteiger partial charge in [-0.1, -0.05) is 35.9 Å². The van der Waals surface area contributed by atoms with Crippen molar-refractivity contribution in [2.75, 3.05) is 0 Å². The summed E-state index contributed by atoms with van der Waals surface area (Å²) in [4.78, 5) is 0. The van der Waals surface area contributed by atoms with E-state index in [1.54, 1.807) is 0 Å². The van der Waals surface area contributed by atoms with Crippen LogP contribution >= 0.6 is 0 Å². The molecule has 16 heavy (non-hydrogen) atoms. The first kappa shape index (κ1) is 10.9. The van der Waals surface area contributed by atoms with E-state index in [4.69, 9.17) is 0 Å². The van der Waals surface area contributed by atoms with Crippen LogP contribution in [0.4, 0.5) is 0 Å². The third kappa shape index (κ3) is 2.01. The molecular weight excluding hydrogens is 192 g/mol. The molecule has 1 radical (unpaired) electrons. The number of benzene rings is 2. The van der Waals surface area contributed by atoms with Gasteiger partial charge < -0.3 is 0 Å². The monoisotopic (exact) mass is 209 g/mol. The summed E-state index contributed by atoms with van der Waals surface area (Å²) in [5, 5.41) is 0. The van der Waals surface area contributed by atoms with Crippen LogP contribution in [0.25, 0.3) is 11.1 Å². The molecule has 0 saturated carbocycles. The van der Waals surface area contributed by atoms with Crippen LogP contribution in [-0.2, 0) is 0 Å². The summed E-state index contributed by atoms with van der Waals surface area (Å²) in [6, 6.07) is 14.2. The van der Waals surface area contributed by atoms with Gasteiger partial charge in [0.1, 0.15) is 0 Å². The standard InChI is InChI=1S/C16H17/c1-11-5-8-16(14(4)9-11)15-7-6-12(2)13(3)10-15/h5-7,9-10H,1-4H3. The van der Waals surface area contributed by atoms with E-state index in [0.29, 0.717) is 0 Å². The molecular formula is C16H17. The minimum absolute atomic E-state index is 1.22. The Kier molecular flexibility index (Phi) is 2.82. The highest BCUT2D eigenvalue weighted by molar-refractivity contribution is 5.68. The minimum atomic E-state index is 1.22. The van der Waals surface area contributed by atoms with Gasteiger partial charge in [0, 0.05) is 0 Å². The summed E-state index contributed by atoms with van der Waals surface area (Å²) in [6.07, 6.45) is 0. The SMILES string of the molecule is Cc1c[c]c(-c2ccc(C)c(C)c2)c(C)c1. The highest BCUT2D eigenvalue weighted by Gasteiger charge is 2.03. The highest BCUT2D eigenvalue weighted by Crippen LogP contribution is 2.25. The first-order valence-corrected chi connectivity index (χ1v) is 5.64. The Bertz CT molecular complexity index is 522. The second-order valence-corrected chi connectivity index (χ2v) is 4.53. The van der Waals surface area contributed by atoms with Crippen LogP contribution in [0.5, 0.6) is 0 Å². The molecule has 0 saturated heterocycles. The fourth-order valence-corrected chi connectivity index (χ4v) is 1.96. The molecule has 0 heterocycles. The number of rotatable bonds is 1. The van der Waals surface area contributed by atoms with Crippen molar-refractivity contribution in [2.24, 2.45) is 0 Å². The van der Waals surface area contributed by atoms with E-state index in [9.17, 15) is 0 Å². The number of hydrogen-bond donors (Lipinski definition) is 0. The Morgan fingerprint density at radius 3 is 2.19 bits per heavy atom. The van der Waals surface area contributed by atoms with Crippen molar-refractivity contribution in [3.05, 3.63) is 58.7 Å². The van der Waals surface area contributed by atoms with Crippen LogP contribution in [0.2, 0.25) is 0 Å². The van der Waals surface area contributed by atoms with Crippen LogP contribution in [0.15, 0.2) is 30.3 Å². The molecule has 0 aliphatic heterocycles. The quantitative estimate of drug-likeness (QED) is 0.653. The van der Waals surface area contributed by atoms with E-state index in [0.717, 1.165) is 0 Å². The summed E-state index contributed by atoms with van der Waals surface area (Å²) in [5.74, 6) is 0. The van der Waals surface area contributed by atoms with E-state index in [-0.39, 0.29) is 0 Å². The van der Waals surface area contributed by atoms with Crippen molar-refractivity contribution >= 4 is 0 Å². The number of aryl methyl sites for hydroxylation is 4. The molecule has 0 unspecified atom stereocenters. The normalized spacial score (nSPS) is 10.5. The average Bonchev–Trinajstić information content (AvgIpc) is 2.22. The van der Waals surface area contributed by atoms with Gasteiger partial charge in [-0.2, -0.15) is 0 Å². The van der Waals surface area contributed by atoms with Crippen molar-refractivity contribution in [1.82, 2.24) is 0 Å². The molecule has 0 aliphatic rings. The van der Waals surface area contributed by atoms with E-state index < -0.39 is 0 Å². The lowest BCUT2D eigenvalue weighted by Crippen LogP contribution is -1.87. The molecule has 0 atom stereocenters. The van der Waals surface area contributed by atoms with Crippen molar-refractivity contribution in [3.63, 3.8) is 0 Å². The predicted molar refractivity (Wildman–Crippen MR) is 69.7 cm³/mol. The molecule has 0 fully saturated rings. The zero-order valence-corrected chi connectivity index (χ0v) is 10.4. The lowest BCUT2D eigenvalue weighted by Gasteiger charge is -2.09. The zero-order valence-electron chi connectivity index (χ0n) is 10.4. The van der Waals surface area contributed by atoms with Crippen molar-refractivity contribution in [3.8, 4) is 11.1 Å². The molecule has 0 heteroatoms. The van der Waals surface area contributed by atoms with E-state index >= 15 is 0 Å². The Balaban J connectivity index is 2.54. The summed E-state index contributed by atoms with van der Waals surface area (Å²) < 4.78 is 0. The molecule has 2 aromatic rings. The molecule has 0 amide bonds. The van der Waals surface area contributed by atoms with E-state index in [1.807, 2.05) is 0 Å². The molecule has 2 rings (SSSR count). The maximum absolute atomic E-state index is 3.37. The Morgan fingerprint density at radius 1 is 0.812 bits per heavy atom. The molecule has 0 spiro atoms. The molecule has 0 bridgehead atoms. The lowest BCUT2D eigenvalue weighted by atomic mass is 9.96. The van der Waals surface area contributed by atoms with Gasteiger partial charge in [0.2, 0.25) is 0 Å². The summed E-state index contributed by atoms with van der Waals surface area (Å²) >= 11 is 0. The average molecular weight is 209 g/mol. The molecule has 2 aromatic carbocycles. The third-order valence-electron chi connectivity index (χ3n) is 3.08. The van der Waals surface area contributed by atoms with Crippen molar-refractivity contribution < 1.29 is 0 Å². The van der Waals surface area contributed by atoms with Gasteiger partial charge in [0.25, 0.3) is 0 Å². The topological polar surface area (TPSA) is 0 Å². The van der Waals surface area contributed by atoms with Crippen LogP contribution in [0, 0.1) is 33.8 Å².